The predicted octanol–water partition coefficient (Wildman–Crippen LogP) is 5.94. The molecule has 0 fully saturated rings. The van der Waals surface area contributed by atoms with E-state index < -0.39 is 11.6 Å². The number of hydrogen-bond donors (Lipinski definition) is 1. The number of halogens is 2. The maximum absolute atomic E-state index is 13.8. The molecular formula is C23H22F2IrNO2-. The summed E-state index contributed by atoms with van der Waals surface area (Å²) in [6, 6.07) is 11.1. The third-order valence-electron chi connectivity index (χ3n) is 3.85. The van der Waals surface area contributed by atoms with Gasteiger partial charge in [0.2, 0.25) is 0 Å². The van der Waals surface area contributed by atoms with E-state index in [-0.39, 0.29) is 31.6 Å². The van der Waals surface area contributed by atoms with Crippen LogP contribution in [0.3, 0.4) is 0 Å². The molecular weight excluding hydrogens is 552 g/mol. The third-order valence-corrected chi connectivity index (χ3v) is 3.85. The van der Waals surface area contributed by atoms with E-state index in [0.717, 1.165) is 28.3 Å². The van der Waals surface area contributed by atoms with E-state index in [1.54, 1.807) is 6.07 Å². The van der Waals surface area contributed by atoms with Crippen molar-refractivity contribution in [2.75, 3.05) is 0 Å². The molecule has 3 aromatic rings. The van der Waals surface area contributed by atoms with E-state index in [9.17, 15) is 13.6 Å². The number of rotatable bonds is 2. The molecule has 0 aliphatic carbocycles. The SMILES string of the molecule is CC(=O)/C=C(/C)O.Cc1[c-]c(-c2nc3cc(F)cc(F)c3cc2C)cc(C)c1.[Ir]. The van der Waals surface area contributed by atoms with Crippen molar-refractivity contribution in [3.8, 4) is 11.3 Å². The predicted molar refractivity (Wildman–Crippen MR) is 107 cm³/mol. The molecule has 1 N–H and O–H groups in total. The molecule has 3 rings (SSSR count). The first-order valence-corrected chi connectivity index (χ1v) is 8.72. The van der Waals surface area contributed by atoms with Gasteiger partial charge in [-0.25, -0.2) is 8.78 Å². The molecule has 0 bridgehead atoms. The summed E-state index contributed by atoms with van der Waals surface area (Å²) in [6.07, 6.45) is 1.17. The van der Waals surface area contributed by atoms with E-state index >= 15 is 0 Å². The number of pyridine rings is 1. The van der Waals surface area contributed by atoms with Gasteiger partial charge < -0.3 is 5.11 Å². The largest absolute Gasteiger partial charge is 0.512 e. The van der Waals surface area contributed by atoms with Crippen LogP contribution in [0.25, 0.3) is 22.2 Å². The summed E-state index contributed by atoms with van der Waals surface area (Å²) in [6.45, 7) is 8.68. The molecule has 0 atom stereocenters. The second kappa shape index (κ2) is 10.4. The van der Waals surface area contributed by atoms with Crippen LogP contribution in [-0.2, 0) is 24.9 Å². The zero-order valence-electron chi connectivity index (χ0n) is 16.9. The molecule has 3 nitrogen and oxygen atoms in total. The van der Waals surface area contributed by atoms with Gasteiger partial charge in [0, 0.05) is 37.6 Å². The number of carbonyl (C=O) groups excluding carboxylic acids is 1. The van der Waals surface area contributed by atoms with Gasteiger partial charge in [-0.15, -0.1) is 34.9 Å². The maximum Gasteiger partial charge on any atom is 0.155 e. The van der Waals surface area contributed by atoms with Crippen molar-refractivity contribution in [2.45, 2.75) is 34.6 Å². The van der Waals surface area contributed by atoms with Crippen molar-refractivity contribution >= 4 is 16.7 Å². The molecule has 1 aromatic heterocycles. The van der Waals surface area contributed by atoms with Crippen LogP contribution in [0.4, 0.5) is 8.78 Å². The Hall–Kier alpha value is -2.43. The quantitative estimate of drug-likeness (QED) is 0.234. The van der Waals surface area contributed by atoms with Crippen LogP contribution in [-0.4, -0.2) is 15.9 Å². The minimum Gasteiger partial charge on any atom is -0.512 e. The number of nitrogens with zero attached hydrogens (tertiary/aromatic N) is 1. The number of aliphatic hydroxyl groups is 1. The number of benzene rings is 2. The van der Waals surface area contributed by atoms with Crippen LogP contribution in [0.5, 0.6) is 0 Å². The van der Waals surface area contributed by atoms with Gasteiger partial charge in [0.1, 0.15) is 11.6 Å². The van der Waals surface area contributed by atoms with Crippen LogP contribution >= 0.6 is 0 Å². The van der Waals surface area contributed by atoms with Gasteiger partial charge in [-0.05, 0) is 32.5 Å². The smallest absolute Gasteiger partial charge is 0.155 e. The zero-order valence-corrected chi connectivity index (χ0v) is 19.3. The van der Waals surface area contributed by atoms with E-state index in [1.165, 1.54) is 26.0 Å². The van der Waals surface area contributed by atoms with Gasteiger partial charge in [-0.3, -0.25) is 9.78 Å². The van der Waals surface area contributed by atoms with Crippen LogP contribution in [0.2, 0.25) is 0 Å². The molecule has 1 heterocycles. The molecule has 0 unspecified atom stereocenters. The summed E-state index contributed by atoms with van der Waals surface area (Å²) < 4.78 is 27.2. The Morgan fingerprint density at radius 2 is 1.72 bits per heavy atom. The van der Waals surface area contributed by atoms with Crippen molar-refractivity contribution < 1.29 is 38.8 Å². The normalized spacial score (nSPS) is 10.8. The molecule has 0 amide bonds. The average Bonchev–Trinajstić information content (AvgIpc) is 2.53. The minimum absolute atomic E-state index is 0. The molecule has 0 aliphatic rings. The van der Waals surface area contributed by atoms with Gasteiger partial charge in [-0.2, -0.15) is 0 Å². The van der Waals surface area contributed by atoms with E-state index in [0.29, 0.717) is 16.6 Å². The second-order valence-electron chi connectivity index (χ2n) is 6.76. The second-order valence-corrected chi connectivity index (χ2v) is 6.76. The summed E-state index contributed by atoms with van der Waals surface area (Å²) >= 11 is 0. The summed E-state index contributed by atoms with van der Waals surface area (Å²) in [4.78, 5) is 14.5. The number of ketones is 1. The van der Waals surface area contributed by atoms with Gasteiger partial charge in [0.05, 0.1) is 11.3 Å². The Bertz CT molecular complexity index is 1050. The number of allylic oxidation sites excluding steroid dienone is 2. The first-order valence-electron chi connectivity index (χ1n) is 8.72. The Kier molecular flexibility index (Phi) is 8.80. The van der Waals surface area contributed by atoms with Gasteiger partial charge in [0.15, 0.2) is 5.78 Å². The molecule has 6 heteroatoms. The molecule has 155 valence electrons. The van der Waals surface area contributed by atoms with Crippen molar-refractivity contribution in [1.29, 1.82) is 0 Å². The topological polar surface area (TPSA) is 50.2 Å². The van der Waals surface area contributed by atoms with Crippen LogP contribution in [0.15, 0.2) is 42.2 Å². The number of aliphatic hydroxyl groups excluding tert-OH is 1. The minimum atomic E-state index is -0.619. The van der Waals surface area contributed by atoms with Crippen molar-refractivity contribution in [3.05, 3.63) is 76.6 Å². The van der Waals surface area contributed by atoms with E-state index in [2.05, 4.69) is 11.1 Å². The number of aryl methyl sites for hydroxylation is 3. The standard InChI is InChI=1S/C18H14F2N.C5H8O2.Ir/c1-10-4-11(2)6-13(5-10)18-12(3)7-15-16(20)8-14(19)9-17(15)21-18;1-4(6)3-5(2)7;/h4-5,7-9H,1-3H3;3,6H,1-2H3;/q-1;;/b;4-3-;. The van der Waals surface area contributed by atoms with E-state index in [1.807, 2.05) is 32.9 Å². The van der Waals surface area contributed by atoms with Gasteiger partial charge in [-0.1, -0.05) is 25.5 Å². The van der Waals surface area contributed by atoms with E-state index in [4.69, 9.17) is 5.11 Å². The Labute approximate surface area is 182 Å². The maximum atomic E-state index is 13.8. The number of hydrogen-bond acceptors (Lipinski definition) is 3. The van der Waals surface area contributed by atoms with Crippen molar-refractivity contribution in [1.82, 2.24) is 4.98 Å². The number of carbonyl (C=O) groups is 1. The molecule has 29 heavy (non-hydrogen) atoms. The Morgan fingerprint density at radius 1 is 1.07 bits per heavy atom. The average molecular weight is 575 g/mol. The fourth-order valence-corrected chi connectivity index (χ4v) is 2.89. The fourth-order valence-electron chi connectivity index (χ4n) is 2.89. The molecule has 0 spiro atoms. The first kappa shape index (κ1) is 24.6. The number of fused-ring (bicyclic) bond motifs is 1. The summed E-state index contributed by atoms with van der Waals surface area (Å²) in [5.74, 6) is -1.27. The Balaban J connectivity index is 0.000000456. The monoisotopic (exact) mass is 575 g/mol. The van der Waals surface area contributed by atoms with Crippen LogP contribution in [0.1, 0.15) is 30.5 Å². The van der Waals surface area contributed by atoms with Crippen molar-refractivity contribution in [2.24, 2.45) is 0 Å². The zero-order chi connectivity index (χ0) is 21.0. The molecule has 1 radical (unpaired) electrons. The molecule has 0 aliphatic heterocycles. The summed E-state index contributed by atoms with van der Waals surface area (Å²) in [7, 11) is 0. The van der Waals surface area contributed by atoms with Gasteiger partial charge in [0.25, 0.3) is 0 Å². The Morgan fingerprint density at radius 3 is 2.24 bits per heavy atom. The molecule has 0 saturated carbocycles. The molecule has 2 aromatic carbocycles. The van der Waals surface area contributed by atoms with Gasteiger partial charge >= 0.3 is 0 Å². The van der Waals surface area contributed by atoms with Crippen molar-refractivity contribution in [3.63, 3.8) is 0 Å². The van der Waals surface area contributed by atoms with Crippen LogP contribution < -0.4 is 0 Å². The summed E-state index contributed by atoms with van der Waals surface area (Å²) in [5, 5.41) is 8.70. The first-order chi connectivity index (χ1) is 13.1. The summed E-state index contributed by atoms with van der Waals surface area (Å²) in [5.41, 5.74) is 4.83. The van der Waals surface area contributed by atoms with Crippen LogP contribution in [0, 0.1) is 38.5 Å². The molecule has 0 saturated heterocycles. The number of aromatic nitrogens is 1. The third kappa shape index (κ3) is 6.84. The fraction of sp³-hybridized carbons (Fsp3) is 0.217.